The maximum absolute atomic E-state index is 5.72. The van der Waals surface area contributed by atoms with E-state index in [0.29, 0.717) is 11.7 Å². The molecule has 0 fully saturated rings. The normalized spacial score (nSPS) is 10.3. The van der Waals surface area contributed by atoms with Crippen LogP contribution < -0.4 is 10.5 Å². The third-order valence-corrected chi connectivity index (χ3v) is 2.49. The molecule has 1 heterocycles. The van der Waals surface area contributed by atoms with Crippen molar-refractivity contribution in [2.24, 2.45) is 0 Å². The molecule has 0 aliphatic heterocycles. The van der Waals surface area contributed by atoms with Crippen LogP contribution in [0.5, 0.6) is 11.6 Å². The maximum atomic E-state index is 5.72. The Labute approximate surface area is 100 Å². The second-order valence-corrected chi connectivity index (χ2v) is 4.11. The minimum atomic E-state index is 0.444. The lowest BCUT2D eigenvalue weighted by molar-refractivity contribution is 0.457. The summed E-state index contributed by atoms with van der Waals surface area (Å²) in [6.07, 6.45) is 1.40. The van der Waals surface area contributed by atoms with Crippen molar-refractivity contribution in [2.45, 2.75) is 20.8 Å². The number of benzene rings is 1. The van der Waals surface area contributed by atoms with Gasteiger partial charge in [-0.15, -0.1) is 0 Å². The zero-order valence-electron chi connectivity index (χ0n) is 10.2. The monoisotopic (exact) mass is 229 g/mol. The van der Waals surface area contributed by atoms with Crippen molar-refractivity contribution in [3.63, 3.8) is 0 Å². The summed E-state index contributed by atoms with van der Waals surface area (Å²) in [6.45, 7) is 5.90. The molecule has 4 heteroatoms. The molecular weight excluding hydrogens is 214 g/mol. The quantitative estimate of drug-likeness (QED) is 0.860. The Morgan fingerprint density at radius 1 is 1.00 bits per heavy atom. The van der Waals surface area contributed by atoms with Gasteiger partial charge < -0.3 is 10.5 Å². The number of nitrogens with two attached hydrogens (primary N) is 1. The van der Waals surface area contributed by atoms with Crippen LogP contribution in [0.4, 0.5) is 5.82 Å². The Hall–Kier alpha value is -2.10. The lowest BCUT2D eigenvalue weighted by atomic mass is 10.1. The first-order chi connectivity index (χ1) is 8.06. The van der Waals surface area contributed by atoms with Crippen LogP contribution in [0.1, 0.15) is 16.7 Å². The molecule has 1 aromatic heterocycles. The summed E-state index contributed by atoms with van der Waals surface area (Å²) in [4.78, 5) is 7.98. The fourth-order valence-corrected chi connectivity index (χ4v) is 1.65. The Morgan fingerprint density at radius 3 is 2.29 bits per heavy atom. The zero-order valence-corrected chi connectivity index (χ0v) is 10.2. The number of hydrogen-bond acceptors (Lipinski definition) is 4. The molecule has 0 atom stereocenters. The molecule has 4 nitrogen and oxygen atoms in total. The van der Waals surface area contributed by atoms with Crippen LogP contribution in [-0.4, -0.2) is 9.97 Å². The predicted molar refractivity (Wildman–Crippen MR) is 67.2 cm³/mol. The first-order valence-corrected chi connectivity index (χ1v) is 5.39. The van der Waals surface area contributed by atoms with Gasteiger partial charge in [-0.2, -0.15) is 0 Å². The molecule has 0 spiro atoms. The highest BCUT2D eigenvalue weighted by molar-refractivity contribution is 5.45. The van der Waals surface area contributed by atoms with E-state index in [-0.39, 0.29) is 0 Å². The second kappa shape index (κ2) is 4.41. The average molecular weight is 229 g/mol. The van der Waals surface area contributed by atoms with Gasteiger partial charge in [0.25, 0.3) is 0 Å². The minimum Gasteiger partial charge on any atom is -0.439 e. The van der Waals surface area contributed by atoms with E-state index in [1.54, 1.807) is 0 Å². The SMILES string of the molecule is Cc1cc(C)cc(Oc2ncnc(N)c2C)c1. The van der Waals surface area contributed by atoms with Crippen molar-refractivity contribution < 1.29 is 4.74 Å². The lowest BCUT2D eigenvalue weighted by Gasteiger charge is -2.09. The number of anilines is 1. The first kappa shape index (κ1) is 11.4. The van der Waals surface area contributed by atoms with Gasteiger partial charge in [-0.1, -0.05) is 6.07 Å². The number of aryl methyl sites for hydroxylation is 2. The fraction of sp³-hybridized carbons (Fsp3) is 0.231. The van der Waals surface area contributed by atoms with Crippen LogP contribution in [0.3, 0.4) is 0 Å². The molecule has 2 rings (SSSR count). The van der Waals surface area contributed by atoms with Crippen LogP contribution in [0.25, 0.3) is 0 Å². The molecule has 0 bridgehead atoms. The van der Waals surface area contributed by atoms with Gasteiger partial charge in [0, 0.05) is 0 Å². The highest BCUT2D eigenvalue weighted by atomic mass is 16.5. The van der Waals surface area contributed by atoms with E-state index in [9.17, 15) is 0 Å². The molecule has 88 valence electrons. The van der Waals surface area contributed by atoms with Gasteiger partial charge in [-0.3, -0.25) is 0 Å². The summed E-state index contributed by atoms with van der Waals surface area (Å²) < 4.78 is 5.72. The van der Waals surface area contributed by atoms with E-state index < -0.39 is 0 Å². The molecule has 0 amide bonds. The van der Waals surface area contributed by atoms with Gasteiger partial charge in [0.15, 0.2) is 0 Å². The Balaban J connectivity index is 2.34. The summed E-state index contributed by atoms with van der Waals surface area (Å²) >= 11 is 0. The van der Waals surface area contributed by atoms with Crippen LogP contribution in [0.2, 0.25) is 0 Å². The highest BCUT2D eigenvalue weighted by Gasteiger charge is 2.07. The summed E-state index contributed by atoms with van der Waals surface area (Å²) in [5.74, 6) is 1.71. The average Bonchev–Trinajstić information content (AvgIpc) is 2.23. The van der Waals surface area contributed by atoms with E-state index in [2.05, 4.69) is 16.0 Å². The summed E-state index contributed by atoms with van der Waals surface area (Å²) in [6, 6.07) is 6.02. The molecular formula is C13H15N3O. The summed E-state index contributed by atoms with van der Waals surface area (Å²) in [7, 11) is 0. The van der Waals surface area contributed by atoms with Gasteiger partial charge in [-0.25, -0.2) is 9.97 Å². The molecule has 0 saturated heterocycles. The molecule has 0 unspecified atom stereocenters. The predicted octanol–water partition coefficient (Wildman–Crippen LogP) is 2.78. The van der Waals surface area contributed by atoms with E-state index >= 15 is 0 Å². The second-order valence-electron chi connectivity index (χ2n) is 4.11. The van der Waals surface area contributed by atoms with E-state index in [1.807, 2.05) is 32.9 Å². The highest BCUT2D eigenvalue weighted by Crippen LogP contribution is 2.26. The van der Waals surface area contributed by atoms with Gasteiger partial charge in [-0.05, 0) is 44.0 Å². The lowest BCUT2D eigenvalue weighted by Crippen LogP contribution is -1.99. The van der Waals surface area contributed by atoms with Gasteiger partial charge in [0.1, 0.15) is 17.9 Å². The largest absolute Gasteiger partial charge is 0.439 e. The standard InChI is InChI=1S/C13H15N3O/c1-8-4-9(2)6-11(5-8)17-13-10(3)12(14)15-7-16-13/h4-7H,1-3H3,(H2,14,15,16). The van der Waals surface area contributed by atoms with Crippen molar-refractivity contribution in [1.82, 2.24) is 9.97 Å². The molecule has 0 aliphatic carbocycles. The molecule has 17 heavy (non-hydrogen) atoms. The van der Waals surface area contributed by atoms with Crippen LogP contribution in [0, 0.1) is 20.8 Å². The Bertz CT molecular complexity index is 532. The number of ether oxygens (including phenoxy) is 1. The third-order valence-electron chi connectivity index (χ3n) is 2.49. The molecule has 0 aliphatic rings. The van der Waals surface area contributed by atoms with Crippen molar-refractivity contribution in [2.75, 3.05) is 5.73 Å². The first-order valence-electron chi connectivity index (χ1n) is 5.39. The van der Waals surface area contributed by atoms with E-state index in [1.165, 1.54) is 6.33 Å². The van der Waals surface area contributed by atoms with Crippen molar-refractivity contribution in [3.8, 4) is 11.6 Å². The molecule has 2 N–H and O–H groups in total. The van der Waals surface area contributed by atoms with Crippen LogP contribution in [-0.2, 0) is 0 Å². The minimum absolute atomic E-state index is 0.444. The van der Waals surface area contributed by atoms with Crippen LogP contribution >= 0.6 is 0 Å². The van der Waals surface area contributed by atoms with Gasteiger partial charge >= 0.3 is 0 Å². The molecule has 1 aromatic carbocycles. The summed E-state index contributed by atoms with van der Waals surface area (Å²) in [5.41, 5.74) is 8.76. The maximum Gasteiger partial charge on any atom is 0.227 e. The van der Waals surface area contributed by atoms with Gasteiger partial charge in [0.2, 0.25) is 5.88 Å². The number of rotatable bonds is 2. The zero-order chi connectivity index (χ0) is 12.4. The Morgan fingerprint density at radius 2 is 1.65 bits per heavy atom. The summed E-state index contributed by atoms with van der Waals surface area (Å²) in [5, 5.41) is 0. The van der Waals surface area contributed by atoms with E-state index in [0.717, 1.165) is 22.4 Å². The third kappa shape index (κ3) is 2.53. The smallest absolute Gasteiger partial charge is 0.227 e. The van der Waals surface area contributed by atoms with E-state index in [4.69, 9.17) is 10.5 Å². The van der Waals surface area contributed by atoms with Crippen molar-refractivity contribution in [3.05, 3.63) is 41.2 Å². The molecule has 2 aromatic rings. The fourth-order valence-electron chi connectivity index (χ4n) is 1.65. The number of aromatic nitrogens is 2. The number of hydrogen-bond donors (Lipinski definition) is 1. The topological polar surface area (TPSA) is 61.0 Å². The number of nitrogens with zero attached hydrogens (tertiary/aromatic N) is 2. The van der Waals surface area contributed by atoms with Crippen molar-refractivity contribution >= 4 is 5.82 Å². The number of nitrogen functional groups attached to an aromatic ring is 1. The molecule has 0 radical (unpaired) electrons. The molecule has 0 saturated carbocycles. The van der Waals surface area contributed by atoms with Crippen LogP contribution in [0.15, 0.2) is 24.5 Å². The van der Waals surface area contributed by atoms with Gasteiger partial charge in [0.05, 0.1) is 5.56 Å². The Kier molecular flexibility index (Phi) is 2.95. The van der Waals surface area contributed by atoms with Crippen molar-refractivity contribution in [1.29, 1.82) is 0 Å².